The predicted octanol–water partition coefficient (Wildman–Crippen LogP) is 1.45. The predicted molar refractivity (Wildman–Crippen MR) is 84.2 cm³/mol. The normalized spacial score (nSPS) is 18.0. The number of rotatable bonds is 6. The highest BCUT2D eigenvalue weighted by Gasteiger charge is 2.27. The van der Waals surface area contributed by atoms with E-state index in [0.717, 1.165) is 19.4 Å². The number of piperidine rings is 1. The van der Waals surface area contributed by atoms with Crippen LogP contribution < -0.4 is 10.0 Å². The SMILES string of the molecule is CC(C)NCC1CCN(S(=O)(=O)Nc2ccncc2)CC1. The van der Waals surface area contributed by atoms with Gasteiger partial charge in [0, 0.05) is 31.5 Å². The maximum atomic E-state index is 12.3. The molecule has 118 valence electrons. The summed E-state index contributed by atoms with van der Waals surface area (Å²) in [5.74, 6) is 0.555. The second kappa shape index (κ2) is 7.20. The van der Waals surface area contributed by atoms with Gasteiger partial charge in [0.25, 0.3) is 0 Å². The molecule has 2 rings (SSSR count). The van der Waals surface area contributed by atoms with E-state index in [-0.39, 0.29) is 0 Å². The van der Waals surface area contributed by atoms with Crippen molar-refractivity contribution in [3.05, 3.63) is 24.5 Å². The number of aromatic nitrogens is 1. The molecule has 0 radical (unpaired) electrons. The first-order valence-electron chi connectivity index (χ1n) is 7.38. The van der Waals surface area contributed by atoms with Crippen LogP contribution in [-0.2, 0) is 10.2 Å². The van der Waals surface area contributed by atoms with E-state index in [0.29, 0.717) is 30.7 Å². The molecule has 1 aromatic heterocycles. The first-order valence-corrected chi connectivity index (χ1v) is 8.82. The lowest BCUT2D eigenvalue weighted by atomic mass is 9.98. The zero-order valence-electron chi connectivity index (χ0n) is 12.6. The lowest BCUT2D eigenvalue weighted by Gasteiger charge is -2.31. The lowest BCUT2D eigenvalue weighted by molar-refractivity contribution is 0.265. The average molecular weight is 312 g/mol. The van der Waals surface area contributed by atoms with Crippen molar-refractivity contribution in [2.45, 2.75) is 32.7 Å². The van der Waals surface area contributed by atoms with Crippen LogP contribution in [0.25, 0.3) is 0 Å². The molecule has 1 aromatic rings. The fourth-order valence-corrected chi connectivity index (χ4v) is 3.64. The van der Waals surface area contributed by atoms with E-state index >= 15 is 0 Å². The summed E-state index contributed by atoms with van der Waals surface area (Å²) in [5.41, 5.74) is 0.550. The van der Waals surface area contributed by atoms with Gasteiger partial charge in [-0.25, -0.2) is 0 Å². The Morgan fingerprint density at radius 3 is 2.48 bits per heavy atom. The van der Waals surface area contributed by atoms with E-state index in [2.05, 4.69) is 28.9 Å². The van der Waals surface area contributed by atoms with Crippen molar-refractivity contribution in [1.29, 1.82) is 0 Å². The van der Waals surface area contributed by atoms with Gasteiger partial charge in [0.1, 0.15) is 0 Å². The van der Waals surface area contributed by atoms with Crippen LogP contribution in [0.1, 0.15) is 26.7 Å². The zero-order valence-corrected chi connectivity index (χ0v) is 13.4. The Morgan fingerprint density at radius 2 is 1.90 bits per heavy atom. The van der Waals surface area contributed by atoms with Gasteiger partial charge in [-0.05, 0) is 37.4 Å². The van der Waals surface area contributed by atoms with Crippen molar-refractivity contribution in [2.75, 3.05) is 24.4 Å². The molecule has 21 heavy (non-hydrogen) atoms. The van der Waals surface area contributed by atoms with Crippen LogP contribution in [-0.4, -0.2) is 43.4 Å². The van der Waals surface area contributed by atoms with Crippen molar-refractivity contribution in [3.63, 3.8) is 0 Å². The number of pyridine rings is 1. The van der Waals surface area contributed by atoms with Crippen LogP contribution in [0.2, 0.25) is 0 Å². The quantitative estimate of drug-likeness (QED) is 0.834. The Hall–Kier alpha value is -1.18. The summed E-state index contributed by atoms with van der Waals surface area (Å²) in [4.78, 5) is 3.88. The van der Waals surface area contributed by atoms with Gasteiger partial charge in [0.05, 0.1) is 5.69 Å². The molecule has 1 fully saturated rings. The smallest absolute Gasteiger partial charge is 0.301 e. The second-order valence-corrected chi connectivity index (χ2v) is 7.42. The van der Waals surface area contributed by atoms with Crippen LogP contribution in [0.5, 0.6) is 0 Å². The third-order valence-electron chi connectivity index (χ3n) is 3.66. The van der Waals surface area contributed by atoms with Crippen LogP contribution in [0.3, 0.4) is 0 Å². The summed E-state index contributed by atoms with van der Waals surface area (Å²) in [6.07, 6.45) is 4.94. The molecule has 1 saturated heterocycles. The Balaban J connectivity index is 1.86. The third kappa shape index (κ3) is 4.94. The molecule has 0 spiro atoms. The van der Waals surface area contributed by atoms with Gasteiger partial charge in [-0.15, -0.1) is 0 Å². The van der Waals surface area contributed by atoms with Gasteiger partial charge < -0.3 is 5.32 Å². The molecule has 2 N–H and O–H groups in total. The van der Waals surface area contributed by atoms with Crippen molar-refractivity contribution in [2.24, 2.45) is 5.92 Å². The van der Waals surface area contributed by atoms with Gasteiger partial charge in [0.15, 0.2) is 0 Å². The molecule has 0 unspecified atom stereocenters. The maximum absolute atomic E-state index is 12.3. The van der Waals surface area contributed by atoms with Crippen molar-refractivity contribution < 1.29 is 8.42 Å². The molecule has 0 saturated carbocycles. The summed E-state index contributed by atoms with van der Waals surface area (Å²) in [7, 11) is -3.46. The molecule has 0 aliphatic carbocycles. The summed E-state index contributed by atoms with van der Waals surface area (Å²) in [6.45, 7) is 6.36. The highest BCUT2D eigenvalue weighted by molar-refractivity contribution is 7.90. The summed E-state index contributed by atoms with van der Waals surface area (Å²) in [5, 5.41) is 3.42. The van der Waals surface area contributed by atoms with E-state index in [1.54, 1.807) is 24.5 Å². The second-order valence-electron chi connectivity index (χ2n) is 5.75. The fraction of sp³-hybridized carbons (Fsp3) is 0.643. The van der Waals surface area contributed by atoms with Crippen molar-refractivity contribution >= 4 is 15.9 Å². The fourth-order valence-electron chi connectivity index (χ4n) is 2.39. The van der Waals surface area contributed by atoms with E-state index in [4.69, 9.17) is 0 Å². The van der Waals surface area contributed by atoms with Crippen LogP contribution in [0.4, 0.5) is 5.69 Å². The average Bonchev–Trinajstić information content (AvgIpc) is 2.46. The minimum Gasteiger partial charge on any atom is -0.314 e. The summed E-state index contributed by atoms with van der Waals surface area (Å²) < 4.78 is 28.7. The highest BCUT2D eigenvalue weighted by Crippen LogP contribution is 2.20. The maximum Gasteiger partial charge on any atom is 0.301 e. The molecule has 0 amide bonds. The van der Waals surface area contributed by atoms with Gasteiger partial charge >= 0.3 is 10.2 Å². The van der Waals surface area contributed by atoms with Crippen LogP contribution >= 0.6 is 0 Å². The Labute approximate surface area is 127 Å². The molecule has 0 bridgehead atoms. The van der Waals surface area contributed by atoms with E-state index in [9.17, 15) is 8.42 Å². The number of nitrogens with one attached hydrogen (secondary N) is 2. The van der Waals surface area contributed by atoms with Crippen molar-refractivity contribution in [1.82, 2.24) is 14.6 Å². The van der Waals surface area contributed by atoms with Gasteiger partial charge in [-0.3, -0.25) is 9.71 Å². The lowest BCUT2D eigenvalue weighted by Crippen LogP contribution is -2.43. The van der Waals surface area contributed by atoms with Crippen LogP contribution in [0, 0.1) is 5.92 Å². The first-order chi connectivity index (χ1) is 9.97. The molecule has 6 nitrogen and oxygen atoms in total. The van der Waals surface area contributed by atoms with Crippen molar-refractivity contribution in [3.8, 4) is 0 Å². The standard InChI is InChI=1S/C14H24N4O2S/c1-12(2)16-11-13-5-9-18(10-6-13)21(19,20)17-14-3-7-15-8-4-14/h3-4,7-8,12-13,16H,5-6,9-11H2,1-2H3,(H,15,17). The molecule has 2 heterocycles. The molecule has 0 atom stereocenters. The molecular formula is C14H24N4O2S. The topological polar surface area (TPSA) is 74.3 Å². The van der Waals surface area contributed by atoms with Gasteiger partial charge in [0.2, 0.25) is 0 Å². The number of anilines is 1. The minimum absolute atomic E-state index is 0.472. The number of hydrogen-bond donors (Lipinski definition) is 2. The molecular weight excluding hydrogens is 288 g/mol. The van der Waals surface area contributed by atoms with E-state index < -0.39 is 10.2 Å². The Morgan fingerprint density at radius 1 is 1.29 bits per heavy atom. The Bertz CT molecular complexity index is 525. The largest absolute Gasteiger partial charge is 0.314 e. The number of nitrogens with zero attached hydrogens (tertiary/aromatic N) is 2. The van der Waals surface area contributed by atoms with E-state index in [1.807, 2.05) is 0 Å². The Kier molecular flexibility index (Phi) is 5.55. The summed E-state index contributed by atoms with van der Waals surface area (Å²) >= 11 is 0. The molecule has 1 aliphatic rings. The summed E-state index contributed by atoms with van der Waals surface area (Å²) in [6, 6.07) is 3.77. The zero-order chi connectivity index (χ0) is 15.3. The van der Waals surface area contributed by atoms with Crippen LogP contribution in [0.15, 0.2) is 24.5 Å². The van der Waals surface area contributed by atoms with Gasteiger partial charge in [-0.2, -0.15) is 12.7 Å². The number of hydrogen-bond acceptors (Lipinski definition) is 4. The highest BCUT2D eigenvalue weighted by atomic mass is 32.2. The molecule has 0 aromatic carbocycles. The monoisotopic (exact) mass is 312 g/mol. The minimum atomic E-state index is -3.46. The molecule has 1 aliphatic heterocycles. The molecule has 7 heteroatoms. The first kappa shape index (κ1) is 16.2. The third-order valence-corrected chi connectivity index (χ3v) is 5.19. The van der Waals surface area contributed by atoms with Gasteiger partial charge in [-0.1, -0.05) is 13.8 Å². The van der Waals surface area contributed by atoms with E-state index in [1.165, 1.54) is 4.31 Å².